The van der Waals surface area contributed by atoms with E-state index in [1.165, 1.54) is 23.1 Å². The number of imide groups is 1. The van der Waals surface area contributed by atoms with E-state index in [0.717, 1.165) is 6.54 Å². The van der Waals surface area contributed by atoms with Crippen molar-refractivity contribution in [2.75, 3.05) is 26.7 Å². The molecule has 0 radical (unpaired) electrons. The molecule has 0 bridgehead atoms. The van der Waals surface area contributed by atoms with Crippen LogP contribution in [0.5, 0.6) is 0 Å². The zero-order valence-electron chi connectivity index (χ0n) is 18.3. The van der Waals surface area contributed by atoms with Crippen molar-refractivity contribution in [3.05, 3.63) is 65.7 Å². The summed E-state index contributed by atoms with van der Waals surface area (Å²) in [5, 5.41) is 0. The summed E-state index contributed by atoms with van der Waals surface area (Å²) in [5.74, 6) is -1.54. The summed E-state index contributed by atoms with van der Waals surface area (Å²) in [6.07, 6.45) is 2.88. The molecule has 1 aromatic carbocycles. The zero-order valence-corrected chi connectivity index (χ0v) is 18.3. The van der Waals surface area contributed by atoms with Crippen LogP contribution in [0.15, 0.2) is 48.8 Å². The van der Waals surface area contributed by atoms with Gasteiger partial charge in [0.2, 0.25) is 17.7 Å². The number of nitrogens with zero attached hydrogens (tertiary/aromatic N) is 4. The molecule has 2 aliphatic rings. The van der Waals surface area contributed by atoms with Crippen LogP contribution in [0.1, 0.15) is 30.9 Å². The zero-order chi connectivity index (χ0) is 22.9. The van der Waals surface area contributed by atoms with Crippen molar-refractivity contribution >= 4 is 17.7 Å². The first-order valence-corrected chi connectivity index (χ1v) is 10.8. The van der Waals surface area contributed by atoms with E-state index < -0.39 is 17.1 Å². The van der Waals surface area contributed by atoms with Crippen molar-refractivity contribution in [2.24, 2.45) is 0 Å². The van der Waals surface area contributed by atoms with E-state index in [9.17, 15) is 18.8 Å². The largest absolute Gasteiger partial charge is 0.340 e. The number of rotatable bonds is 5. The average molecular weight is 439 g/mol. The van der Waals surface area contributed by atoms with Gasteiger partial charge >= 0.3 is 0 Å². The number of amides is 3. The molecule has 4 rings (SSSR count). The van der Waals surface area contributed by atoms with Gasteiger partial charge in [-0.05, 0) is 43.3 Å². The van der Waals surface area contributed by atoms with E-state index >= 15 is 0 Å². The highest BCUT2D eigenvalue weighted by atomic mass is 19.1. The number of aromatic nitrogens is 1. The Kier molecular flexibility index (Phi) is 6.06. The predicted octanol–water partition coefficient (Wildman–Crippen LogP) is 1.97. The van der Waals surface area contributed by atoms with Gasteiger partial charge in [-0.3, -0.25) is 24.3 Å². The normalized spacial score (nSPS) is 24.3. The average Bonchev–Trinajstić information content (AvgIpc) is 3.01. The van der Waals surface area contributed by atoms with E-state index in [2.05, 4.69) is 9.88 Å². The lowest BCUT2D eigenvalue weighted by atomic mass is 9.75. The molecule has 0 unspecified atom stereocenters. The standard InChI is InChI=1S/C24H27FN4O3/c1-17-15-28(10-9-27(17)2)21(30)12-24(19-6-3-7-20(25)11-19)13-22(31)29(23(24)32)16-18-5-4-8-26-14-18/h3-8,11,14,17H,9-10,12-13,15-16H2,1-2H3/t17-,24+/m1/s1. The summed E-state index contributed by atoms with van der Waals surface area (Å²) in [6, 6.07) is 9.40. The van der Waals surface area contributed by atoms with E-state index in [0.29, 0.717) is 24.2 Å². The second kappa shape index (κ2) is 8.78. The lowest BCUT2D eigenvalue weighted by molar-refractivity contribution is -0.144. The Balaban J connectivity index is 1.66. The summed E-state index contributed by atoms with van der Waals surface area (Å²) in [7, 11) is 2.01. The Morgan fingerprint density at radius 3 is 2.72 bits per heavy atom. The quantitative estimate of drug-likeness (QED) is 0.668. The molecule has 8 heteroatoms. The molecule has 2 saturated heterocycles. The van der Waals surface area contributed by atoms with Crippen molar-refractivity contribution in [3.63, 3.8) is 0 Å². The van der Waals surface area contributed by atoms with Crippen LogP contribution in [0.25, 0.3) is 0 Å². The summed E-state index contributed by atoms with van der Waals surface area (Å²) >= 11 is 0. The molecular weight excluding hydrogens is 411 g/mol. The van der Waals surface area contributed by atoms with Crippen LogP contribution in [-0.2, 0) is 26.3 Å². The molecule has 2 aliphatic heterocycles. The van der Waals surface area contributed by atoms with E-state index in [-0.39, 0.29) is 37.2 Å². The van der Waals surface area contributed by atoms with Crippen LogP contribution in [-0.4, -0.2) is 70.1 Å². The van der Waals surface area contributed by atoms with Crippen molar-refractivity contribution < 1.29 is 18.8 Å². The molecule has 0 N–H and O–H groups in total. The first-order chi connectivity index (χ1) is 15.3. The molecular formula is C24H27FN4O3. The Labute approximate surface area is 186 Å². The minimum Gasteiger partial charge on any atom is -0.340 e. The van der Waals surface area contributed by atoms with Crippen LogP contribution >= 0.6 is 0 Å². The maximum Gasteiger partial charge on any atom is 0.241 e. The van der Waals surface area contributed by atoms with Crippen molar-refractivity contribution in [1.29, 1.82) is 0 Å². The highest BCUT2D eigenvalue weighted by Gasteiger charge is 2.54. The molecule has 1 aromatic heterocycles. The number of likely N-dealkylation sites (N-methyl/N-ethyl adjacent to an activating group) is 1. The van der Waals surface area contributed by atoms with Crippen LogP contribution in [0.4, 0.5) is 4.39 Å². The summed E-state index contributed by atoms with van der Waals surface area (Å²) < 4.78 is 14.1. The number of likely N-dealkylation sites (tertiary alicyclic amines) is 1. The third kappa shape index (κ3) is 4.14. The van der Waals surface area contributed by atoms with E-state index in [1.54, 1.807) is 35.5 Å². The molecule has 3 heterocycles. The Bertz CT molecular complexity index is 1030. The summed E-state index contributed by atoms with van der Waals surface area (Å²) in [4.78, 5) is 49.1. The fraction of sp³-hybridized carbons (Fsp3) is 0.417. The number of pyridine rings is 1. The molecule has 7 nitrogen and oxygen atoms in total. The van der Waals surface area contributed by atoms with E-state index in [4.69, 9.17) is 0 Å². The highest BCUT2D eigenvalue weighted by Crippen LogP contribution is 2.41. The lowest BCUT2D eigenvalue weighted by Gasteiger charge is -2.39. The molecule has 0 spiro atoms. The van der Waals surface area contributed by atoms with Gasteiger partial charge in [-0.25, -0.2) is 4.39 Å². The smallest absolute Gasteiger partial charge is 0.241 e. The number of halogens is 1. The Hall–Kier alpha value is -3.13. The number of benzene rings is 1. The SMILES string of the molecule is C[C@@H]1CN(C(=O)C[C@@]2(c3cccc(F)c3)CC(=O)N(Cc3cccnc3)C2=O)CCN1C. The molecule has 32 heavy (non-hydrogen) atoms. The van der Waals surface area contributed by atoms with Gasteiger partial charge in [0.05, 0.1) is 12.0 Å². The third-order valence-electron chi connectivity index (χ3n) is 6.61. The number of piperazine rings is 1. The minimum atomic E-state index is -1.41. The van der Waals surface area contributed by atoms with Crippen LogP contribution in [0, 0.1) is 5.82 Å². The predicted molar refractivity (Wildman–Crippen MR) is 116 cm³/mol. The minimum absolute atomic E-state index is 0.0717. The maximum absolute atomic E-state index is 14.1. The van der Waals surface area contributed by atoms with Crippen molar-refractivity contribution in [2.45, 2.75) is 37.8 Å². The van der Waals surface area contributed by atoms with Gasteiger partial charge in [0.25, 0.3) is 0 Å². The van der Waals surface area contributed by atoms with Gasteiger partial charge < -0.3 is 9.80 Å². The monoisotopic (exact) mass is 438 g/mol. The molecule has 168 valence electrons. The molecule has 3 amide bonds. The molecule has 2 atom stereocenters. The Morgan fingerprint density at radius 2 is 2.03 bits per heavy atom. The van der Waals surface area contributed by atoms with Crippen molar-refractivity contribution in [1.82, 2.24) is 19.7 Å². The second-order valence-electron chi connectivity index (χ2n) is 8.76. The van der Waals surface area contributed by atoms with Crippen molar-refractivity contribution in [3.8, 4) is 0 Å². The van der Waals surface area contributed by atoms with Crippen LogP contribution in [0.3, 0.4) is 0 Å². The van der Waals surface area contributed by atoms with E-state index in [1.807, 2.05) is 14.0 Å². The van der Waals surface area contributed by atoms with Gasteiger partial charge in [-0.1, -0.05) is 18.2 Å². The first kappa shape index (κ1) is 22.1. The first-order valence-electron chi connectivity index (χ1n) is 10.8. The molecule has 2 fully saturated rings. The molecule has 2 aromatic rings. The number of hydrogen-bond acceptors (Lipinski definition) is 5. The van der Waals surface area contributed by atoms with Gasteiger partial charge in [-0.2, -0.15) is 0 Å². The topological polar surface area (TPSA) is 73.8 Å². The highest BCUT2D eigenvalue weighted by molar-refractivity contribution is 6.10. The number of carbonyl (C=O) groups excluding carboxylic acids is 3. The van der Waals surface area contributed by atoms with Crippen LogP contribution < -0.4 is 0 Å². The fourth-order valence-electron chi connectivity index (χ4n) is 4.53. The molecule has 0 saturated carbocycles. The summed E-state index contributed by atoms with van der Waals surface area (Å²) in [5.41, 5.74) is -0.339. The number of hydrogen-bond donors (Lipinski definition) is 0. The number of carbonyl (C=O) groups is 3. The van der Waals surface area contributed by atoms with Gasteiger partial charge in [-0.15, -0.1) is 0 Å². The van der Waals surface area contributed by atoms with Crippen LogP contribution in [0.2, 0.25) is 0 Å². The van der Waals surface area contributed by atoms with Gasteiger partial charge in [0.15, 0.2) is 0 Å². The lowest BCUT2D eigenvalue weighted by Crippen LogP contribution is -2.53. The maximum atomic E-state index is 14.1. The second-order valence-corrected chi connectivity index (χ2v) is 8.76. The van der Waals surface area contributed by atoms with Gasteiger partial charge in [0, 0.05) is 50.9 Å². The molecule has 0 aliphatic carbocycles. The van der Waals surface area contributed by atoms with Gasteiger partial charge in [0.1, 0.15) is 5.82 Å². The third-order valence-corrected chi connectivity index (χ3v) is 6.61. The summed E-state index contributed by atoms with van der Waals surface area (Å²) in [6.45, 7) is 3.96. The Morgan fingerprint density at radius 1 is 1.22 bits per heavy atom. The fourth-order valence-corrected chi connectivity index (χ4v) is 4.53.